The molecule has 0 saturated heterocycles. The molecule has 0 saturated carbocycles. The van der Waals surface area contributed by atoms with Crippen molar-refractivity contribution in [1.29, 1.82) is 0 Å². The van der Waals surface area contributed by atoms with Crippen LogP contribution in [-0.2, 0) is 0 Å². The number of rotatable bonds is 7. The van der Waals surface area contributed by atoms with Crippen LogP contribution in [-0.4, -0.2) is 15.0 Å². The summed E-state index contributed by atoms with van der Waals surface area (Å²) in [5, 5.41) is 4.35. The van der Waals surface area contributed by atoms with Crippen molar-refractivity contribution in [2.45, 2.75) is 12.3 Å². The van der Waals surface area contributed by atoms with Gasteiger partial charge in [0.25, 0.3) is 0 Å². The van der Waals surface area contributed by atoms with Crippen LogP contribution in [0.25, 0.3) is 94.4 Å². The van der Waals surface area contributed by atoms with Gasteiger partial charge < -0.3 is 4.42 Å². The van der Waals surface area contributed by atoms with E-state index in [0.29, 0.717) is 11.6 Å². The quantitative estimate of drug-likeness (QED) is 0.163. The Bertz CT molecular complexity index is 3220. The number of hydrogen-bond donors (Lipinski definition) is 0. The molecule has 1 unspecified atom stereocenters. The van der Waals surface area contributed by atoms with Crippen molar-refractivity contribution in [3.05, 3.63) is 218 Å². The van der Waals surface area contributed by atoms with Crippen LogP contribution in [0.15, 0.2) is 211 Å². The summed E-state index contributed by atoms with van der Waals surface area (Å²) in [6.07, 6.45) is 7.52. The molecule has 10 aromatic rings. The second-order valence-corrected chi connectivity index (χ2v) is 15.1. The summed E-state index contributed by atoms with van der Waals surface area (Å²) in [6.45, 7) is 0. The largest absolute Gasteiger partial charge is 0.456 e. The fourth-order valence-corrected chi connectivity index (χ4v) is 8.44. The van der Waals surface area contributed by atoms with Crippen LogP contribution < -0.4 is 0 Å². The molecule has 1 aliphatic rings. The summed E-state index contributed by atoms with van der Waals surface area (Å²) in [7, 11) is 0. The summed E-state index contributed by atoms with van der Waals surface area (Å²) < 4.78 is 6.68. The third kappa shape index (κ3) is 6.51. The zero-order valence-corrected chi connectivity index (χ0v) is 32.2. The van der Waals surface area contributed by atoms with Crippen molar-refractivity contribution >= 4 is 38.3 Å². The lowest BCUT2D eigenvalue weighted by atomic mass is 9.91. The van der Waals surface area contributed by atoms with Crippen molar-refractivity contribution in [2.24, 2.45) is 0 Å². The number of fused-ring (bicyclic) bond motifs is 4. The van der Waals surface area contributed by atoms with Gasteiger partial charge in [-0.1, -0.05) is 176 Å². The molecule has 0 aliphatic heterocycles. The van der Waals surface area contributed by atoms with E-state index in [1.54, 1.807) is 0 Å². The summed E-state index contributed by atoms with van der Waals surface area (Å²) >= 11 is 0. The highest BCUT2D eigenvalue weighted by atomic mass is 16.3. The molecule has 2 aromatic heterocycles. The van der Waals surface area contributed by atoms with Crippen LogP contribution >= 0.6 is 0 Å². The number of furan rings is 1. The normalized spacial score (nSPS) is 13.9. The summed E-state index contributed by atoms with van der Waals surface area (Å²) in [6, 6.07) is 65.9. The van der Waals surface area contributed by atoms with Crippen LogP contribution in [0, 0.1) is 0 Å². The standard InChI is InChI=1S/C55H37N3O/c1-4-14-36(15-5-1)39-24-28-41(29-25-39)53-56-54(42-30-26-40(27-31-42)37-16-6-2-7-17-37)58-55(57-53)49-34-45(35-51-52(49)47-22-12-13-23-50(47)59-51)48-33-44(38-18-8-3-9-19-38)32-43-20-10-11-21-46(43)48/h1-30,32-35,42H,31H2. The van der Waals surface area contributed by atoms with Crippen LogP contribution in [0.5, 0.6) is 0 Å². The molecule has 4 heteroatoms. The van der Waals surface area contributed by atoms with Gasteiger partial charge in [0.15, 0.2) is 11.6 Å². The van der Waals surface area contributed by atoms with Gasteiger partial charge in [0.1, 0.15) is 17.0 Å². The molecule has 11 rings (SSSR count). The van der Waals surface area contributed by atoms with E-state index in [0.717, 1.165) is 73.0 Å². The Kier molecular flexibility index (Phi) is 8.59. The number of allylic oxidation sites excluding steroid dienone is 4. The van der Waals surface area contributed by atoms with E-state index in [1.807, 2.05) is 18.2 Å². The molecule has 8 aromatic carbocycles. The summed E-state index contributed by atoms with van der Waals surface area (Å²) in [5.74, 6) is 1.96. The van der Waals surface area contributed by atoms with Gasteiger partial charge in [-0.3, -0.25) is 0 Å². The first-order valence-corrected chi connectivity index (χ1v) is 20.1. The fraction of sp³-hybridized carbons (Fsp3) is 0.0364. The zero-order chi connectivity index (χ0) is 39.1. The first-order valence-electron chi connectivity index (χ1n) is 20.1. The highest BCUT2D eigenvalue weighted by Gasteiger charge is 2.23. The number of benzene rings is 8. The summed E-state index contributed by atoms with van der Waals surface area (Å²) in [4.78, 5) is 15.9. The smallest absolute Gasteiger partial charge is 0.164 e. The fourth-order valence-electron chi connectivity index (χ4n) is 8.44. The highest BCUT2D eigenvalue weighted by Crippen LogP contribution is 2.43. The van der Waals surface area contributed by atoms with E-state index in [-0.39, 0.29) is 5.92 Å². The molecule has 0 amide bonds. The first-order chi connectivity index (χ1) is 29.2. The molecule has 0 bridgehead atoms. The lowest BCUT2D eigenvalue weighted by molar-refractivity contribution is 0.669. The first kappa shape index (κ1) is 34.5. The van der Waals surface area contributed by atoms with Crippen LogP contribution in [0.1, 0.15) is 23.7 Å². The van der Waals surface area contributed by atoms with E-state index < -0.39 is 0 Å². The molecule has 4 nitrogen and oxygen atoms in total. The molecular formula is C55H37N3O. The van der Waals surface area contributed by atoms with Gasteiger partial charge in [0.2, 0.25) is 0 Å². The van der Waals surface area contributed by atoms with E-state index in [2.05, 4.69) is 188 Å². The molecule has 0 N–H and O–H groups in total. The predicted molar refractivity (Wildman–Crippen MR) is 243 cm³/mol. The van der Waals surface area contributed by atoms with Crippen LogP contribution in [0.2, 0.25) is 0 Å². The number of nitrogens with zero attached hydrogens (tertiary/aromatic N) is 3. The van der Waals surface area contributed by atoms with Crippen LogP contribution in [0.3, 0.4) is 0 Å². The van der Waals surface area contributed by atoms with Crippen molar-refractivity contribution in [3.8, 4) is 56.2 Å². The molecular weight excluding hydrogens is 719 g/mol. The average molecular weight is 756 g/mol. The molecule has 0 spiro atoms. The van der Waals surface area contributed by atoms with E-state index in [9.17, 15) is 0 Å². The monoisotopic (exact) mass is 755 g/mol. The van der Waals surface area contributed by atoms with E-state index in [4.69, 9.17) is 19.4 Å². The van der Waals surface area contributed by atoms with Crippen molar-refractivity contribution in [3.63, 3.8) is 0 Å². The third-order valence-corrected chi connectivity index (χ3v) is 11.4. The lowest BCUT2D eigenvalue weighted by Gasteiger charge is -2.18. The second-order valence-electron chi connectivity index (χ2n) is 15.1. The third-order valence-electron chi connectivity index (χ3n) is 11.4. The predicted octanol–water partition coefficient (Wildman–Crippen LogP) is 14.4. The van der Waals surface area contributed by atoms with Crippen LogP contribution in [0.4, 0.5) is 0 Å². The zero-order valence-electron chi connectivity index (χ0n) is 32.2. The Morgan fingerprint density at radius 2 is 1.02 bits per heavy atom. The number of para-hydroxylation sites is 1. The SMILES string of the molecule is C1=CC(c2nc(-c3ccc(-c4ccccc4)cc3)nc(-c3cc(-c4cc(-c5ccccc5)cc5ccccc45)cc4oc5ccccc5c34)n2)CC=C1c1ccccc1. The lowest BCUT2D eigenvalue weighted by Crippen LogP contribution is -2.08. The minimum Gasteiger partial charge on any atom is -0.456 e. The maximum Gasteiger partial charge on any atom is 0.164 e. The van der Waals surface area contributed by atoms with E-state index >= 15 is 0 Å². The topological polar surface area (TPSA) is 51.8 Å². The van der Waals surface area contributed by atoms with Gasteiger partial charge in [-0.05, 0) is 92.0 Å². The maximum absolute atomic E-state index is 6.68. The van der Waals surface area contributed by atoms with Crippen molar-refractivity contribution in [1.82, 2.24) is 15.0 Å². The van der Waals surface area contributed by atoms with E-state index in [1.165, 1.54) is 27.6 Å². The Morgan fingerprint density at radius 1 is 0.424 bits per heavy atom. The minimum atomic E-state index is -0.0298. The Balaban J connectivity index is 1.12. The Labute approximate surface area is 342 Å². The molecule has 0 fully saturated rings. The molecule has 59 heavy (non-hydrogen) atoms. The molecule has 1 atom stereocenters. The van der Waals surface area contributed by atoms with Crippen molar-refractivity contribution < 1.29 is 4.42 Å². The molecule has 2 heterocycles. The average Bonchev–Trinajstić information content (AvgIpc) is 3.70. The van der Waals surface area contributed by atoms with Crippen molar-refractivity contribution in [2.75, 3.05) is 0 Å². The molecule has 0 radical (unpaired) electrons. The number of hydrogen-bond acceptors (Lipinski definition) is 4. The van der Waals surface area contributed by atoms with Gasteiger partial charge in [0, 0.05) is 27.8 Å². The molecule has 278 valence electrons. The highest BCUT2D eigenvalue weighted by molar-refractivity contribution is 6.14. The Hall–Kier alpha value is -7.69. The molecule has 1 aliphatic carbocycles. The van der Waals surface area contributed by atoms with Gasteiger partial charge >= 0.3 is 0 Å². The van der Waals surface area contributed by atoms with Gasteiger partial charge in [-0.25, -0.2) is 15.0 Å². The minimum absolute atomic E-state index is 0.0298. The van der Waals surface area contributed by atoms with Gasteiger partial charge in [-0.2, -0.15) is 0 Å². The number of aromatic nitrogens is 3. The van der Waals surface area contributed by atoms with Gasteiger partial charge in [0.05, 0.1) is 0 Å². The van der Waals surface area contributed by atoms with Gasteiger partial charge in [-0.15, -0.1) is 0 Å². The Morgan fingerprint density at radius 3 is 1.75 bits per heavy atom. The maximum atomic E-state index is 6.68. The second kappa shape index (κ2) is 14.7. The summed E-state index contributed by atoms with van der Waals surface area (Å²) in [5.41, 5.74) is 12.6.